The molecule has 1 amide bonds. The molecule has 1 fully saturated rings. The minimum Gasteiger partial charge on any atom is -0.303 e. The highest BCUT2D eigenvalue weighted by Crippen LogP contribution is 2.41. The average Bonchev–Trinajstić information content (AvgIpc) is 3.48. The van der Waals surface area contributed by atoms with Crippen molar-refractivity contribution >= 4 is 45.5 Å². The van der Waals surface area contributed by atoms with E-state index in [4.69, 9.17) is 17.5 Å². The Hall–Kier alpha value is -4.44. The Kier molecular flexibility index (Phi) is 6.10. The van der Waals surface area contributed by atoms with Gasteiger partial charge in [-0.3, -0.25) is 14.8 Å². The first-order valence-electron chi connectivity index (χ1n) is 11.7. The van der Waals surface area contributed by atoms with Crippen molar-refractivity contribution in [1.29, 1.82) is 5.26 Å². The van der Waals surface area contributed by atoms with Crippen LogP contribution in [-0.4, -0.2) is 36.7 Å². The Morgan fingerprint density at radius 3 is 2.49 bits per heavy atom. The van der Waals surface area contributed by atoms with Crippen molar-refractivity contribution in [2.24, 2.45) is 0 Å². The number of H-pyrrole nitrogens is 1. The number of carbonyl (C=O) groups excluding carboxylic acids is 1. The molecule has 0 atom stereocenters. The molecule has 0 aliphatic carbocycles. The van der Waals surface area contributed by atoms with E-state index in [1.165, 1.54) is 36.9 Å². The summed E-state index contributed by atoms with van der Waals surface area (Å²) in [4.78, 5) is 24.7. The van der Waals surface area contributed by atoms with Crippen LogP contribution in [-0.2, 0) is 17.4 Å². The zero-order valence-corrected chi connectivity index (χ0v) is 21.6. The van der Waals surface area contributed by atoms with Crippen molar-refractivity contribution < 1.29 is 22.4 Å². The standard InChI is InChI=1S/C26H19F4N7OS/c1-4-20-33-21-16(22(34-20)19-7-8-32-35-19)9-15(11-18(21)27)37-24(39)36(23(38)25(37,2)3)14-6-5-13(12-31)17(10-14)26(28,29)30/h5-11H,4H2,1-3H3,(H,32,35). The number of thiocarbonyl (C=S) groups is 1. The number of aryl methyl sites for hydroxylation is 1. The zero-order chi connectivity index (χ0) is 28.3. The number of hydrogen-bond acceptors (Lipinski definition) is 6. The number of fused-ring (bicyclic) bond motifs is 1. The number of aromatic nitrogens is 4. The number of rotatable bonds is 4. The van der Waals surface area contributed by atoms with Gasteiger partial charge < -0.3 is 4.90 Å². The van der Waals surface area contributed by atoms with E-state index in [-0.39, 0.29) is 22.0 Å². The molecule has 1 saturated heterocycles. The van der Waals surface area contributed by atoms with Gasteiger partial charge in [0.2, 0.25) is 0 Å². The van der Waals surface area contributed by atoms with Crippen LogP contribution in [0.5, 0.6) is 0 Å². The maximum Gasteiger partial charge on any atom is 0.417 e. The number of carbonyl (C=O) groups is 1. The number of nitrogens with one attached hydrogen (secondary N) is 1. The summed E-state index contributed by atoms with van der Waals surface area (Å²) in [6.07, 6.45) is -2.79. The normalized spacial score (nSPS) is 15.3. The number of anilines is 2. The molecule has 39 heavy (non-hydrogen) atoms. The highest BCUT2D eigenvalue weighted by molar-refractivity contribution is 7.81. The molecule has 198 valence electrons. The predicted molar refractivity (Wildman–Crippen MR) is 139 cm³/mol. The van der Waals surface area contributed by atoms with E-state index in [9.17, 15) is 18.0 Å². The molecule has 0 saturated carbocycles. The zero-order valence-electron chi connectivity index (χ0n) is 20.8. The smallest absolute Gasteiger partial charge is 0.303 e. The molecular weight excluding hydrogens is 534 g/mol. The van der Waals surface area contributed by atoms with Crippen LogP contribution in [0.15, 0.2) is 42.6 Å². The van der Waals surface area contributed by atoms with Crippen LogP contribution in [0.2, 0.25) is 0 Å². The van der Waals surface area contributed by atoms with Crippen LogP contribution < -0.4 is 9.80 Å². The molecule has 0 bridgehead atoms. The monoisotopic (exact) mass is 553 g/mol. The summed E-state index contributed by atoms with van der Waals surface area (Å²) in [6.45, 7) is 4.90. The van der Waals surface area contributed by atoms with Crippen molar-refractivity contribution in [2.75, 3.05) is 9.80 Å². The minimum absolute atomic E-state index is 0.0524. The van der Waals surface area contributed by atoms with E-state index < -0.39 is 34.6 Å². The van der Waals surface area contributed by atoms with Crippen molar-refractivity contribution in [1.82, 2.24) is 20.2 Å². The molecule has 2 aromatic carbocycles. The average molecular weight is 554 g/mol. The third-order valence-electron chi connectivity index (χ3n) is 6.46. The summed E-state index contributed by atoms with van der Waals surface area (Å²) in [7, 11) is 0. The van der Waals surface area contributed by atoms with Gasteiger partial charge in [-0.1, -0.05) is 6.92 Å². The van der Waals surface area contributed by atoms with Gasteiger partial charge in [-0.15, -0.1) is 0 Å². The first-order valence-corrected chi connectivity index (χ1v) is 12.1. The van der Waals surface area contributed by atoms with Gasteiger partial charge in [-0.05, 0) is 62.5 Å². The third kappa shape index (κ3) is 4.17. The molecule has 2 aromatic heterocycles. The number of nitriles is 1. The van der Waals surface area contributed by atoms with Gasteiger partial charge in [-0.25, -0.2) is 14.4 Å². The second-order valence-corrected chi connectivity index (χ2v) is 9.65. The summed E-state index contributed by atoms with van der Waals surface area (Å²) in [5.74, 6) is -0.915. The number of hydrogen-bond donors (Lipinski definition) is 1. The van der Waals surface area contributed by atoms with Crippen LogP contribution in [0.3, 0.4) is 0 Å². The lowest BCUT2D eigenvalue weighted by molar-refractivity contribution is -0.137. The third-order valence-corrected chi connectivity index (χ3v) is 6.82. The molecule has 1 aliphatic rings. The van der Waals surface area contributed by atoms with Gasteiger partial charge in [-0.2, -0.15) is 23.5 Å². The first-order chi connectivity index (χ1) is 18.4. The van der Waals surface area contributed by atoms with Gasteiger partial charge in [0, 0.05) is 23.7 Å². The molecular formula is C26H19F4N7OS. The molecule has 4 aromatic rings. The number of halogens is 4. The molecule has 0 spiro atoms. The molecule has 13 heteroatoms. The molecule has 5 rings (SSSR count). The summed E-state index contributed by atoms with van der Waals surface area (Å²) >= 11 is 5.58. The topological polar surface area (TPSA) is 102 Å². The summed E-state index contributed by atoms with van der Waals surface area (Å²) in [6, 6.07) is 8.84. The fourth-order valence-electron chi connectivity index (χ4n) is 4.56. The molecule has 0 radical (unpaired) electrons. The van der Waals surface area contributed by atoms with E-state index in [0.717, 1.165) is 11.0 Å². The van der Waals surface area contributed by atoms with Gasteiger partial charge in [0.15, 0.2) is 10.9 Å². The van der Waals surface area contributed by atoms with Gasteiger partial charge >= 0.3 is 6.18 Å². The van der Waals surface area contributed by atoms with Gasteiger partial charge in [0.25, 0.3) is 5.91 Å². The maximum absolute atomic E-state index is 15.6. The van der Waals surface area contributed by atoms with Crippen molar-refractivity contribution in [3.05, 3.63) is 65.4 Å². The van der Waals surface area contributed by atoms with Gasteiger partial charge in [0.1, 0.15) is 28.3 Å². The van der Waals surface area contributed by atoms with Gasteiger partial charge in [0.05, 0.1) is 22.9 Å². The van der Waals surface area contributed by atoms with Crippen LogP contribution in [0.1, 0.15) is 37.7 Å². The lowest BCUT2D eigenvalue weighted by Gasteiger charge is -2.29. The second-order valence-electron chi connectivity index (χ2n) is 9.28. The number of amides is 1. The van der Waals surface area contributed by atoms with Crippen molar-refractivity contribution in [3.63, 3.8) is 0 Å². The fourth-order valence-corrected chi connectivity index (χ4v) is 5.08. The van der Waals surface area contributed by atoms with Crippen LogP contribution in [0, 0.1) is 17.1 Å². The van der Waals surface area contributed by atoms with E-state index in [0.29, 0.717) is 35.1 Å². The Labute approximate surface area is 224 Å². The van der Waals surface area contributed by atoms with Crippen LogP contribution in [0.4, 0.5) is 28.9 Å². The summed E-state index contributed by atoms with van der Waals surface area (Å²) in [5, 5.41) is 16.2. The number of aromatic amines is 1. The van der Waals surface area contributed by atoms with E-state index >= 15 is 4.39 Å². The largest absolute Gasteiger partial charge is 0.417 e. The number of alkyl halides is 3. The Morgan fingerprint density at radius 2 is 1.87 bits per heavy atom. The maximum atomic E-state index is 15.6. The van der Waals surface area contributed by atoms with Crippen LogP contribution in [0.25, 0.3) is 22.3 Å². The highest BCUT2D eigenvalue weighted by atomic mass is 32.1. The van der Waals surface area contributed by atoms with E-state index in [1.807, 2.05) is 6.92 Å². The predicted octanol–water partition coefficient (Wildman–Crippen LogP) is 5.53. The molecule has 0 unspecified atom stereocenters. The molecule has 1 N–H and O–H groups in total. The molecule has 8 nitrogen and oxygen atoms in total. The Bertz CT molecular complexity index is 1690. The quantitative estimate of drug-likeness (QED) is 0.262. The summed E-state index contributed by atoms with van der Waals surface area (Å²) in [5.41, 5.74) is -2.30. The number of benzene rings is 2. The molecule has 1 aliphatic heterocycles. The SMILES string of the molecule is CCc1nc(-c2cc[nH]n2)c2cc(N3C(=S)N(c4ccc(C#N)c(C(F)(F)F)c4)C(=O)C3(C)C)cc(F)c2n1. The number of nitrogens with zero attached hydrogens (tertiary/aromatic N) is 6. The lowest BCUT2D eigenvalue weighted by atomic mass is 10.0. The first kappa shape index (κ1) is 26.2. The van der Waals surface area contributed by atoms with Crippen LogP contribution >= 0.6 is 12.2 Å². The Morgan fingerprint density at radius 1 is 1.13 bits per heavy atom. The van der Waals surface area contributed by atoms with E-state index in [1.54, 1.807) is 18.3 Å². The van der Waals surface area contributed by atoms with E-state index in [2.05, 4.69) is 20.2 Å². The van der Waals surface area contributed by atoms with Crippen molar-refractivity contribution in [2.45, 2.75) is 38.9 Å². The fraction of sp³-hybridized carbons (Fsp3) is 0.231. The Balaban J connectivity index is 1.67. The molecule has 3 heterocycles. The second kappa shape index (κ2) is 9.09. The summed E-state index contributed by atoms with van der Waals surface area (Å²) < 4.78 is 56.5. The minimum atomic E-state index is -4.83. The highest BCUT2D eigenvalue weighted by Gasteiger charge is 2.51. The lowest BCUT2D eigenvalue weighted by Crippen LogP contribution is -2.44. The van der Waals surface area contributed by atoms with Crippen molar-refractivity contribution in [3.8, 4) is 17.5 Å².